The van der Waals surface area contributed by atoms with E-state index >= 15 is 0 Å². The molecule has 2 atom stereocenters. The van der Waals surface area contributed by atoms with Gasteiger partial charge in [0.05, 0.1) is 17.7 Å². The van der Waals surface area contributed by atoms with E-state index in [0.717, 1.165) is 32.4 Å². The van der Waals surface area contributed by atoms with Gasteiger partial charge in [0.1, 0.15) is 12.1 Å². The molecule has 0 aromatic carbocycles. The van der Waals surface area contributed by atoms with Crippen molar-refractivity contribution in [3.05, 3.63) is 16.6 Å². The molecule has 0 radical (unpaired) electrons. The monoisotopic (exact) mass is 398 g/mol. The van der Waals surface area contributed by atoms with Crippen LogP contribution in [0.4, 0.5) is 4.79 Å². The quantitative estimate of drug-likeness (QED) is 0.807. The van der Waals surface area contributed by atoms with Crippen molar-refractivity contribution in [1.82, 2.24) is 20.5 Å². The van der Waals surface area contributed by atoms with E-state index < -0.39 is 18.2 Å². The number of carbonyl (C=O) groups excluding carboxylic acids is 3. The van der Waals surface area contributed by atoms with Crippen molar-refractivity contribution >= 4 is 29.2 Å². The summed E-state index contributed by atoms with van der Waals surface area (Å²) in [5.41, 5.74) is 3.06. The molecule has 3 amide bonds. The topological polar surface area (TPSA) is 101 Å². The Balaban J connectivity index is 0.000000338. The highest BCUT2D eigenvalue weighted by Gasteiger charge is 2.36. The third kappa shape index (κ3) is 7.54. The molecule has 3 rings (SSSR count). The Labute approximate surface area is 164 Å². The number of rotatable bonds is 4. The number of nitrogens with zero attached hydrogens (tertiary/aromatic N) is 2. The van der Waals surface area contributed by atoms with Crippen LogP contribution in [0, 0.1) is 0 Å². The molecule has 3 heterocycles. The predicted octanol–water partition coefficient (Wildman–Crippen LogP) is 1.95. The van der Waals surface area contributed by atoms with E-state index in [0.29, 0.717) is 0 Å². The second-order valence-electron chi connectivity index (χ2n) is 5.87. The summed E-state index contributed by atoms with van der Waals surface area (Å²) in [6.45, 7) is 9.22. The molecule has 8 nitrogen and oxygen atoms in total. The zero-order valence-electron chi connectivity index (χ0n) is 16.5. The molecule has 2 fully saturated rings. The van der Waals surface area contributed by atoms with Gasteiger partial charge in [-0.15, -0.1) is 11.3 Å². The number of thiazole rings is 1. The molecule has 0 spiro atoms. The molecule has 2 N–H and O–H groups in total. The number of hydrogen-bond donors (Lipinski definition) is 2. The second kappa shape index (κ2) is 12.3. The predicted molar refractivity (Wildman–Crippen MR) is 105 cm³/mol. The average Bonchev–Trinajstić information content (AvgIpc) is 3.43. The lowest BCUT2D eigenvalue weighted by molar-refractivity contribution is -0.132. The fraction of sp³-hybridized carbons (Fsp3) is 0.667. The zero-order chi connectivity index (χ0) is 20.2. The summed E-state index contributed by atoms with van der Waals surface area (Å²) in [4.78, 5) is 40.2. The van der Waals surface area contributed by atoms with Crippen molar-refractivity contribution in [2.45, 2.75) is 59.1 Å². The van der Waals surface area contributed by atoms with Gasteiger partial charge in [0.25, 0.3) is 0 Å². The number of ether oxygens (including phenoxy) is 1. The fourth-order valence-electron chi connectivity index (χ4n) is 2.56. The zero-order valence-corrected chi connectivity index (χ0v) is 17.3. The van der Waals surface area contributed by atoms with Crippen LogP contribution in [0.25, 0.3) is 0 Å². The summed E-state index contributed by atoms with van der Waals surface area (Å²) in [7, 11) is 0. The highest BCUT2D eigenvalue weighted by molar-refractivity contribution is 7.07. The van der Waals surface area contributed by atoms with Crippen LogP contribution in [0.5, 0.6) is 0 Å². The molecule has 0 saturated carbocycles. The first-order valence-electron chi connectivity index (χ1n) is 9.41. The van der Waals surface area contributed by atoms with E-state index in [2.05, 4.69) is 27.9 Å². The number of aryl methyl sites for hydroxylation is 1. The van der Waals surface area contributed by atoms with Crippen LogP contribution in [0.15, 0.2) is 10.9 Å². The summed E-state index contributed by atoms with van der Waals surface area (Å²) in [6.07, 6.45) is 1.98. The van der Waals surface area contributed by atoms with E-state index in [1.165, 1.54) is 5.69 Å². The minimum absolute atomic E-state index is 0.0298. The molecule has 152 valence electrons. The van der Waals surface area contributed by atoms with Crippen molar-refractivity contribution in [2.24, 2.45) is 0 Å². The van der Waals surface area contributed by atoms with Crippen molar-refractivity contribution in [3.63, 3.8) is 0 Å². The smallest absolute Gasteiger partial charge is 0.408 e. The second-order valence-corrected chi connectivity index (χ2v) is 6.59. The van der Waals surface area contributed by atoms with Gasteiger partial charge in [0.15, 0.2) is 0 Å². The lowest BCUT2D eigenvalue weighted by Crippen LogP contribution is -2.48. The first-order chi connectivity index (χ1) is 13.0. The number of aromatic nitrogens is 1. The highest BCUT2D eigenvalue weighted by Crippen LogP contribution is 2.09. The Morgan fingerprint density at radius 3 is 2.48 bits per heavy atom. The van der Waals surface area contributed by atoms with E-state index in [-0.39, 0.29) is 18.4 Å². The van der Waals surface area contributed by atoms with Crippen LogP contribution < -0.4 is 10.6 Å². The molecule has 9 heteroatoms. The van der Waals surface area contributed by atoms with Gasteiger partial charge in [-0.05, 0) is 26.2 Å². The number of cyclic esters (lactones) is 1. The number of alkyl carbamates (subject to hydrolysis) is 1. The Hall–Kier alpha value is -2.16. The molecule has 1 unspecified atom stereocenters. The maximum absolute atomic E-state index is 11.7. The average molecular weight is 399 g/mol. The van der Waals surface area contributed by atoms with Gasteiger partial charge in [-0.3, -0.25) is 9.59 Å². The van der Waals surface area contributed by atoms with E-state index in [9.17, 15) is 14.4 Å². The molecule has 0 aliphatic carbocycles. The normalized spacial score (nSPS) is 20.4. The fourth-order valence-corrected chi connectivity index (χ4v) is 3.20. The number of nitrogens with one attached hydrogen (secondary N) is 2. The van der Waals surface area contributed by atoms with Gasteiger partial charge in [-0.25, -0.2) is 9.78 Å². The summed E-state index contributed by atoms with van der Waals surface area (Å²) in [5.74, 6) is -0.473. The molecule has 1 aromatic rings. The minimum Gasteiger partial charge on any atom is -0.444 e. The lowest BCUT2D eigenvalue weighted by atomic mass is 10.2. The molecular weight excluding hydrogens is 368 g/mol. The van der Waals surface area contributed by atoms with Gasteiger partial charge in [0, 0.05) is 18.5 Å². The summed E-state index contributed by atoms with van der Waals surface area (Å²) in [6, 6.07) is -0.719. The van der Waals surface area contributed by atoms with Gasteiger partial charge in [-0.1, -0.05) is 20.8 Å². The number of amides is 3. The van der Waals surface area contributed by atoms with Gasteiger partial charge in [-0.2, -0.15) is 0 Å². The van der Waals surface area contributed by atoms with Crippen molar-refractivity contribution in [2.75, 3.05) is 19.6 Å². The van der Waals surface area contributed by atoms with E-state index in [4.69, 9.17) is 4.74 Å². The Morgan fingerprint density at radius 2 is 2.04 bits per heavy atom. The van der Waals surface area contributed by atoms with Crippen molar-refractivity contribution in [3.8, 4) is 0 Å². The number of likely N-dealkylation sites (tertiary alicyclic amines) is 1. The number of hydrogen-bond acceptors (Lipinski definition) is 6. The van der Waals surface area contributed by atoms with Crippen molar-refractivity contribution in [1.29, 1.82) is 0 Å². The molecule has 1 aromatic heterocycles. The Bertz CT molecular complexity index is 588. The van der Waals surface area contributed by atoms with Crippen LogP contribution in [0.2, 0.25) is 0 Å². The summed E-state index contributed by atoms with van der Waals surface area (Å²) >= 11 is 1.65. The first kappa shape index (κ1) is 22.9. The van der Waals surface area contributed by atoms with Crippen LogP contribution in [0.3, 0.4) is 0 Å². The lowest BCUT2D eigenvalue weighted by Gasteiger charge is -2.17. The number of carbonyl (C=O) groups is 3. The van der Waals surface area contributed by atoms with Gasteiger partial charge in [0.2, 0.25) is 11.8 Å². The van der Waals surface area contributed by atoms with E-state index in [1.54, 1.807) is 23.2 Å². The molecule has 27 heavy (non-hydrogen) atoms. The standard InChI is InChI=1S/C11H17N3O4.C5H7NS.C2H6/c1-7-9(13-11(17)18-7)10(16)12-6-8(15)14-4-2-3-5-14;1-2-5-3-7-4-6-5;1-2/h7,9H,2-6H2,1H3,(H,12,16)(H,13,17);3-4H,2H2,1H3;1-2H3/t7-,9?;;/m0../s1. The molecule has 2 aliphatic heterocycles. The third-order valence-corrected chi connectivity index (χ3v) is 4.67. The van der Waals surface area contributed by atoms with Crippen LogP contribution >= 0.6 is 11.3 Å². The van der Waals surface area contributed by atoms with Crippen LogP contribution in [0.1, 0.15) is 46.2 Å². The largest absolute Gasteiger partial charge is 0.444 e. The maximum atomic E-state index is 11.7. The molecule has 0 bridgehead atoms. The third-order valence-electron chi connectivity index (χ3n) is 4.04. The van der Waals surface area contributed by atoms with Crippen LogP contribution in [-0.4, -0.2) is 59.6 Å². The van der Waals surface area contributed by atoms with Gasteiger partial charge >= 0.3 is 6.09 Å². The minimum atomic E-state index is -0.719. The van der Waals surface area contributed by atoms with Crippen molar-refractivity contribution < 1.29 is 19.1 Å². The Morgan fingerprint density at radius 1 is 1.37 bits per heavy atom. The maximum Gasteiger partial charge on any atom is 0.408 e. The van der Waals surface area contributed by atoms with E-state index in [1.807, 2.05) is 19.4 Å². The SMILES string of the molecule is CC.CCc1cscn1.C[C@@H]1OC(=O)NC1C(=O)NCC(=O)N1CCCC1. The summed E-state index contributed by atoms with van der Waals surface area (Å²) in [5, 5.41) is 7.00. The Kier molecular flexibility index (Phi) is 10.4. The first-order valence-corrected chi connectivity index (χ1v) is 10.3. The molecular formula is C18H30N4O4S. The molecule has 2 aliphatic rings. The van der Waals surface area contributed by atoms with Gasteiger partial charge < -0.3 is 20.3 Å². The highest BCUT2D eigenvalue weighted by atomic mass is 32.1. The van der Waals surface area contributed by atoms with Crippen LogP contribution in [-0.2, 0) is 20.7 Å². The molecule has 2 saturated heterocycles. The summed E-state index contributed by atoms with van der Waals surface area (Å²) < 4.78 is 4.80.